The molecule has 0 bridgehead atoms. The van der Waals surface area contributed by atoms with Crippen molar-refractivity contribution >= 4 is 5.69 Å². The highest BCUT2D eigenvalue weighted by atomic mass is 15.3. The maximum atomic E-state index is 8.91. The first-order valence-corrected chi connectivity index (χ1v) is 5.18. The molecule has 0 saturated carbocycles. The van der Waals surface area contributed by atoms with Crippen LogP contribution in [0.15, 0.2) is 30.3 Å². The predicted octanol–water partition coefficient (Wildman–Crippen LogP) is 2.61. The monoisotopic (exact) mass is 223 g/mol. The molecule has 2 rings (SSSR count). The van der Waals surface area contributed by atoms with Gasteiger partial charge in [0.25, 0.3) is 0 Å². The Kier molecular flexibility index (Phi) is 2.89. The van der Waals surface area contributed by atoms with E-state index in [-0.39, 0.29) is 0 Å². The van der Waals surface area contributed by atoms with Gasteiger partial charge in [-0.25, -0.2) is 0 Å². The summed E-state index contributed by atoms with van der Waals surface area (Å²) in [5, 5.41) is 13.1. The van der Waals surface area contributed by atoms with E-state index in [2.05, 4.69) is 21.9 Å². The summed E-state index contributed by atoms with van der Waals surface area (Å²) in [7, 11) is 1.77. The van der Waals surface area contributed by atoms with E-state index in [9.17, 15) is 0 Å². The van der Waals surface area contributed by atoms with Crippen LogP contribution in [0.3, 0.4) is 0 Å². The number of aromatic nitrogens is 2. The molecular formula is C13H11N4+. The topological polar surface area (TPSA) is 46.0 Å². The quantitative estimate of drug-likeness (QED) is 0.509. The molecule has 0 aliphatic carbocycles. The lowest BCUT2D eigenvalue weighted by atomic mass is 10.2. The largest absolute Gasteiger partial charge is 0.441 e. The molecule has 1 aromatic heterocycles. The van der Waals surface area contributed by atoms with Crippen molar-refractivity contribution in [3.05, 3.63) is 52.3 Å². The van der Waals surface area contributed by atoms with E-state index in [0.717, 1.165) is 5.56 Å². The van der Waals surface area contributed by atoms with E-state index in [1.54, 1.807) is 18.7 Å². The minimum Gasteiger partial charge on any atom is -0.252 e. The van der Waals surface area contributed by atoms with Gasteiger partial charge in [0.2, 0.25) is 11.1 Å². The molecule has 0 fully saturated rings. The van der Waals surface area contributed by atoms with E-state index in [0.29, 0.717) is 17.1 Å². The van der Waals surface area contributed by atoms with E-state index in [1.165, 1.54) is 0 Å². The van der Waals surface area contributed by atoms with Crippen LogP contribution >= 0.6 is 0 Å². The second kappa shape index (κ2) is 4.51. The van der Waals surface area contributed by atoms with Crippen LogP contribution in [0, 0.1) is 24.2 Å². The van der Waals surface area contributed by atoms with Gasteiger partial charge in [-0.3, -0.25) is 4.68 Å². The summed E-state index contributed by atoms with van der Waals surface area (Å²) in [6.45, 7) is 1.78. The van der Waals surface area contributed by atoms with Crippen LogP contribution in [0.1, 0.15) is 17.0 Å². The molecule has 0 aliphatic heterocycles. The molecule has 4 nitrogen and oxygen atoms in total. The molecule has 0 radical (unpaired) electrons. The highest BCUT2D eigenvalue weighted by molar-refractivity contribution is 5.60. The molecule has 2 aromatic rings. The lowest BCUT2D eigenvalue weighted by molar-refractivity contribution is 0.747. The fourth-order valence-corrected chi connectivity index (χ4v) is 1.56. The molecule has 0 saturated heterocycles. The summed E-state index contributed by atoms with van der Waals surface area (Å²) in [6.07, 6.45) is 0. The molecule has 0 N–H and O–H groups in total. The van der Waals surface area contributed by atoms with Gasteiger partial charge in [0.1, 0.15) is 0 Å². The Labute approximate surface area is 99.5 Å². The third kappa shape index (κ3) is 2.16. The highest BCUT2D eigenvalue weighted by Gasteiger charge is 2.22. The minimum atomic E-state index is 0.427. The van der Waals surface area contributed by atoms with E-state index >= 15 is 0 Å². The number of hydrogen-bond acceptors (Lipinski definition) is 2. The molecule has 1 heterocycles. The van der Waals surface area contributed by atoms with Crippen LogP contribution in [0.5, 0.6) is 0 Å². The fourth-order valence-electron chi connectivity index (χ4n) is 1.56. The van der Waals surface area contributed by atoms with Gasteiger partial charge in [0.15, 0.2) is 10.7 Å². The van der Waals surface area contributed by atoms with Gasteiger partial charge in [-0.2, -0.15) is 5.10 Å². The van der Waals surface area contributed by atoms with Crippen molar-refractivity contribution in [2.75, 3.05) is 0 Å². The fraction of sp³-hybridized carbons (Fsp3) is 0.154. The third-order valence-corrected chi connectivity index (χ3v) is 2.39. The van der Waals surface area contributed by atoms with Crippen molar-refractivity contribution in [2.45, 2.75) is 6.92 Å². The van der Waals surface area contributed by atoms with Gasteiger partial charge < -0.3 is 0 Å². The van der Waals surface area contributed by atoms with Crippen molar-refractivity contribution < 1.29 is 0 Å². The lowest BCUT2D eigenvalue weighted by Gasteiger charge is -1.88. The molecule has 17 heavy (non-hydrogen) atoms. The van der Waals surface area contributed by atoms with Crippen molar-refractivity contribution in [1.29, 1.82) is 5.39 Å². The molecule has 82 valence electrons. The zero-order valence-electron chi connectivity index (χ0n) is 9.68. The van der Waals surface area contributed by atoms with Crippen LogP contribution in [0.2, 0.25) is 0 Å². The summed E-state index contributed by atoms with van der Waals surface area (Å²) in [6, 6.07) is 9.64. The van der Waals surface area contributed by atoms with Gasteiger partial charge in [-0.1, -0.05) is 24.1 Å². The average molecular weight is 223 g/mol. The Hall–Kier alpha value is -2.59. The summed E-state index contributed by atoms with van der Waals surface area (Å²) in [5.74, 6) is 5.97. The summed E-state index contributed by atoms with van der Waals surface area (Å²) >= 11 is 0. The minimum absolute atomic E-state index is 0.427. The maximum Gasteiger partial charge on any atom is 0.441 e. The van der Waals surface area contributed by atoms with Crippen molar-refractivity contribution in [2.24, 2.45) is 7.05 Å². The molecule has 1 aromatic carbocycles. The van der Waals surface area contributed by atoms with Crippen LogP contribution in [-0.2, 0) is 7.05 Å². The molecule has 0 unspecified atom stereocenters. The molecule has 0 atom stereocenters. The second-order valence-electron chi connectivity index (χ2n) is 3.62. The van der Waals surface area contributed by atoms with E-state index in [4.69, 9.17) is 5.39 Å². The zero-order valence-corrected chi connectivity index (χ0v) is 9.68. The van der Waals surface area contributed by atoms with Crippen LogP contribution in [0.4, 0.5) is 5.69 Å². The SMILES string of the molecule is Cc1nn(C)c(C#Cc2ccccc2)c1[N+]#N. The zero-order chi connectivity index (χ0) is 12.3. The Morgan fingerprint density at radius 3 is 2.59 bits per heavy atom. The molecule has 0 spiro atoms. The number of rotatable bonds is 0. The number of hydrogen-bond donors (Lipinski definition) is 0. The summed E-state index contributed by atoms with van der Waals surface area (Å²) in [5.41, 5.74) is 2.60. The number of nitrogens with zero attached hydrogens (tertiary/aromatic N) is 4. The van der Waals surface area contributed by atoms with Gasteiger partial charge in [0, 0.05) is 12.6 Å². The van der Waals surface area contributed by atoms with Gasteiger partial charge in [0.05, 0.1) is 0 Å². The predicted molar refractivity (Wildman–Crippen MR) is 65.1 cm³/mol. The van der Waals surface area contributed by atoms with Crippen molar-refractivity contribution in [1.82, 2.24) is 9.78 Å². The van der Waals surface area contributed by atoms with Crippen LogP contribution in [0.25, 0.3) is 4.98 Å². The number of diazo groups is 1. The number of benzene rings is 1. The van der Waals surface area contributed by atoms with Crippen LogP contribution < -0.4 is 0 Å². The molecular weight excluding hydrogens is 212 g/mol. The van der Waals surface area contributed by atoms with E-state index in [1.807, 2.05) is 30.3 Å². The first-order chi connectivity index (χ1) is 8.22. The van der Waals surface area contributed by atoms with Gasteiger partial charge in [-0.05, 0) is 25.0 Å². The Balaban J connectivity index is 2.45. The number of aryl methyl sites for hydroxylation is 2. The molecule has 0 amide bonds. The molecule has 0 aliphatic rings. The summed E-state index contributed by atoms with van der Waals surface area (Å²) < 4.78 is 1.61. The third-order valence-electron chi connectivity index (χ3n) is 2.39. The normalized spacial score (nSPS) is 9.24. The lowest BCUT2D eigenvalue weighted by Crippen LogP contribution is -1.93. The smallest absolute Gasteiger partial charge is 0.252 e. The second-order valence-corrected chi connectivity index (χ2v) is 3.62. The highest BCUT2D eigenvalue weighted by Crippen LogP contribution is 2.21. The Bertz CT molecular complexity index is 636. The summed E-state index contributed by atoms with van der Waals surface area (Å²) in [4.78, 5) is 3.22. The first-order valence-electron chi connectivity index (χ1n) is 5.18. The Morgan fingerprint density at radius 2 is 1.94 bits per heavy atom. The van der Waals surface area contributed by atoms with Gasteiger partial charge >= 0.3 is 5.69 Å². The van der Waals surface area contributed by atoms with Crippen molar-refractivity contribution in [3.63, 3.8) is 0 Å². The standard InChI is InChI=1S/C13H11N4/c1-10-13(15-14)12(17(2)16-10)9-8-11-6-4-3-5-7-11/h3-7H,1-2H3/q+1. The van der Waals surface area contributed by atoms with E-state index < -0.39 is 0 Å². The maximum absolute atomic E-state index is 8.91. The van der Waals surface area contributed by atoms with Gasteiger partial charge in [-0.15, -0.1) is 0 Å². The van der Waals surface area contributed by atoms with Crippen molar-refractivity contribution in [3.8, 4) is 11.8 Å². The first kappa shape index (κ1) is 10.9. The molecule has 4 heteroatoms. The van der Waals surface area contributed by atoms with Crippen LogP contribution in [-0.4, -0.2) is 9.78 Å². The average Bonchev–Trinajstić information content (AvgIpc) is 2.62. The Morgan fingerprint density at radius 1 is 1.24 bits per heavy atom.